The van der Waals surface area contributed by atoms with E-state index in [1.807, 2.05) is 0 Å². The van der Waals surface area contributed by atoms with Gasteiger partial charge in [0.05, 0.1) is 18.1 Å². The molecule has 0 aromatic heterocycles. The van der Waals surface area contributed by atoms with E-state index >= 15 is 0 Å². The first-order valence-corrected chi connectivity index (χ1v) is 8.04. The highest BCUT2D eigenvalue weighted by Crippen LogP contribution is 2.44. The molecule has 1 saturated heterocycles. The van der Waals surface area contributed by atoms with E-state index in [0.29, 0.717) is 0 Å². The topological polar surface area (TPSA) is 12.5 Å². The van der Waals surface area contributed by atoms with E-state index in [1.165, 1.54) is 16.7 Å². The molecule has 0 amide bonds. The molecule has 1 aliphatic rings. The van der Waals surface area contributed by atoms with Gasteiger partial charge in [0.2, 0.25) is 0 Å². The third-order valence-electron chi connectivity index (χ3n) is 4.48. The van der Waals surface area contributed by atoms with Gasteiger partial charge in [-0.1, -0.05) is 91.0 Å². The Morgan fingerprint density at radius 2 is 1.00 bits per heavy atom. The standard InChI is InChI=1S/C22H19O/c1-4-10-18(11-5-1)22(16-21-17-23-21,19-12-6-2-7-13-19)20-14-8-3-9-15-20/h1-16,21H,17H2. The van der Waals surface area contributed by atoms with Gasteiger partial charge in [-0.15, -0.1) is 0 Å². The zero-order valence-electron chi connectivity index (χ0n) is 12.9. The summed E-state index contributed by atoms with van der Waals surface area (Å²) < 4.78 is 5.57. The lowest BCUT2D eigenvalue weighted by atomic mass is 9.67. The molecule has 0 bridgehead atoms. The zero-order valence-corrected chi connectivity index (χ0v) is 12.9. The van der Waals surface area contributed by atoms with Crippen LogP contribution in [0.15, 0.2) is 91.0 Å². The van der Waals surface area contributed by atoms with Gasteiger partial charge in [-0.05, 0) is 16.7 Å². The summed E-state index contributed by atoms with van der Waals surface area (Å²) in [5.41, 5.74) is 3.53. The maximum absolute atomic E-state index is 5.57. The fourth-order valence-corrected chi connectivity index (χ4v) is 3.32. The van der Waals surface area contributed by atoms with Crippen molar-refractivity contribution in [3.63, 3.8) is 0 Å². The number of ether oxygens (including phenoxy) is 1. The van der Waals surface area contributed by atoms with Crippen molar-refractivity contribution in [1.29, 1.82) is 0 Å². The van der Waals surface area contributed by atoms with Gasteiger partial charge in [0, 0.05) is 6.42 Å². The van der Waals surface area contributed by atoms with Crippen LogP contribution in [-0.2, 0) is 10.2 Å². The van der Waals surface area contributed by atoms with Gasteiger partial charge >= 0.3 is 0 Å². The third-order valence-corrected chi connectivity index (χ3v) is 4.48. The zero-order chi connectivity index (χ0) is 15.5. The van der Waals surface area contributed by atoms with Crippen LogP contribution in [0.25, 0.3) is 0 Å². The maximum atomic E-state index is 5.57. The van der Waals surface area contributed by atoms with Crippen LogP contribution >= 0.6 is 0 Å². The van der Waals surface area contributed by atoms with Crippen LogP contribution in [0, 0.1) is 6.42 Å². The minimum absolute atomic E-state index is 0.218. The van der Waals surface area contributed by atoms with Crippen molar-refractivity contribution in [1.82, 2.24) is 0 Å². The first-order valence-electron chi connectivity index (χ1n) is 8.04. The van der Waals surface area contributed by atoms with Crippen LogP contribution in [0.3, 0.4) is 0 Å². The Labute approximate surface area is 137 Å². The molecule has 1 fully saturated rings. The van der Waals surface area contributed by atoms with Gasteiger partial charge in [0.15, 0.2) is 0 Å². The molecule has 3 aromatic carbocycles. The first-order chi connectivity index (χ1) is 11.4. The van der Waals surface area contributed by atoms with Gasteiger partial charge in [0.1, 0.15) is 0 Å². The van der Waals surface area contributed by atoms with Crippen LogP contribution in [0.5, 0.6) is 0 Å². The molecule has 1 unspecified atom stereocenters. The minimum Gasteiger partial charge on any atom is -0.373 e. The van der Waals surface area contributed by atoms with Crippen molar-refractivity contribution in [3.05, 3.63) is 114 Å². The fourth-order valence-electron chi connectivity index (χ4n) is 3.32. The van der Waals surface area contributed by atoms with Crippen molar-refractivity contribution in [2.75, 3.05) is 6.61 Å². The lowest BCUT2D eigenvalue weighted by molar-refractivity contribution is 0.414. The van der Waals surface area contributed by atoms with E-state index in [0.717, 1.165) is 6.61 Å². The summed E-state index contributed by atoms with van der Waals surface area (Å²) in [5.74, 6) is 0. The molecule has 0 N–H and O–H groups in total. The van der Waals surface area contributed by atoms with Crippen LogP contribution in [-0.4, -0.2) is 12.7 Å². The summed E-state index contributed by atoms with van der Waals surface area (Å²) in [6.45, 7) is 0.814. The molecule has 1 atom stereocenters. The molecule has 3 aromatic rings. The molecule has 4 rings (SSSR count). The highest BCUT2D eigenvalue weighted by Gasteiger charge is 2.42. The van der Waals surface area contributed by atoms with Crippen LogP contribution < -0.4 is 0 Å². The van der Waals surface area contributed by atoms with Crippen molar-refractivity contribution < 1.29 is 4.74 Å². The molecule has 1 aliphatic heterocycles. The SMILES string of the molecule is [CH](C1CO1)C(c1ccccc1)(c1ccccc1)c1ccccc1. The second-order valence-electron chi connectivity index (χ2n) is 5.94. The Morgan fingerprint density at radius 3 is 1.30 bits per heavy atom. The molecule has 1 heteroatoms. The largest absolute Gasteiger partial charge is 0.373 e. The molecule has 0 aliphatic carbocycles. The Morgan fingerprint density at radius 1 is 0.652 bits per heavy atom. The summed E-state index contributed by atoms with van der Waals surface area (Å²) in [7, 11) is 0. The van der Waals surface area contributed by atoms with E-state index in [2.05, 4.69) is 97.4 Å². The highest BCUT2D eigenvalue weighted by molar-refractivity contribution is 5.54. The maximum Gasteiger partial charge on any atom is 0.0857 e. The predicted molar refractivity (Wildman–Crippen MR) is 93.2 cm³/mol. The lowest BCUT2D eigenvalue weighted by Gasteiger charge is -2.35. The second kappa shape index (κ2) is 6.02. The smallest absolute Gasteiger partial charge is 0.0857 e. The Hall–Kier alpha value is -2.38. The summed E-state index contributed by atoms with van der Waals surface area (Å²) in [6.07, 6.45) is 2.57. The minimum atomic E-state index is -0.287. The predicted octanol–water partition coefficient (Wildman–Crippen LogP) is 4.62. The summed E-state index contributed by atoms with van der Waals surface area (Å²) in [4.78, 5) is 0. The van der Waals surface area contributed by atoms with Gasteiger partial charge in [-0.3, -0.25) is 0 Å². The summed E-state index contributed by atoms with van der Waals surface area (Å²) in [6, 6.07) is 32.1. The number of rotatable bonds is 5. The molecule has 23 heavy (non-hydrogen) atoms. The first kappa shape index (κ1) is 14.2. The summed E-state index contributed by atoms with van der Waals surface area (Å²) in [5, 5.41) is 0. The number of benzene rings is 3. The number of hydrogen-bond acceptors (Lipinski definition) is 1. The summed E-state index contributed by atoms with van der Waals surface area (Å²) >= 11 is 0. The molecule has 1 nitrogen and oxygen atoms in total. The van der Waals surface area contributed by atoms with E-state index in [1.54, 1.807) is 0 Å². The van der Waals surface area contributed by atoms with Crippen LogP contribution in [0.1, 0.15) is 16.7 Å². The average molecular weight is 299 g/mol. The fraction of sp³-hybridized carbons (Fsp3) is 0.136. The lowest BCUT2D eigenvalue weighted by Crippen LogP contribution is -2.32. The molecule has 113 valence electrons. The van der Waals surface area contributed by atoms with Gasteiger partial charge in [-0.25, -0.2) is 0 Å². The Bertz CT molecular complexity index is 649. The van der Waals surface area contributed by atoms with Crippen LogP contribution in [0.4, 0.5) is 0 Å². The van der Waals surface area contributed by atoms with Crippen molar-refractivity contribution in [2.24, 2.45) is 0 Å². The van der Waals surface area contributed by atoms with Gasteiger partial charge in [-0.2, -0.15) is 0 Å². The van der Waals surface area contributed by atoms with E-state index in [9.17, 15) is 0 Å². The van der Waals surface area contributed by atoms with Crippen molar-refractivity contribution >= 4 is 0 Å². The van der Waals surface area contributed by atoms with E-state index < -0.39 is 0 Å². The van der Waals surface area contributed by atoms with Crippen LogP contribution in [0.2, 0.25) is 0 Å². The normalized spacial score (nSPS) is 17.0. The molecule has 1 heterocycles. The van der Waals surface area contributed by atoms with Crippen molar-refractivity contribution in [3.8, 4) is 0 Å². The van der Waals surface area contributed by atoms with Gasteiger partial charge in [0.25, 0.3) is 0 Å². The Balaban J connectivity index is 1.97. The molecular weight excluding hydrogens is 280 g/mol. The quantitative estimate of drug-likeness (QED) is 0.494. The number of hydrogen-bond donors (Lipinski definition) is 0. The molecular formula is C22H19O. The van der Waals surface area contributed by atoms with E-state index in [-0.39, 0.29) is 11.5 Å². The monoisotopic (exact) mass is 299 g/mol. The molecule has 0 spiro atoms. The average Bonchev–Trinajstić information content (AvgIpc) is 3.46. The van der Waals surface area contributed by atoms with E-state index in [4.69, 9.17) is 4.74 Å². The third kappa shape index (κ3) is 2.69. The van der Waals surface area contributed by atoms with Gasteiger partial charge < -0.3 is 4.74 Å². The molecule has 1 radical (unpaired) electrons. The Kier molecular flexibility index (Phi) is 3.72. The van der Waals surface area contributed by atoms with Crippen molar-refractivity contribution in [2.45, 2.75) is 11.5 Å². The molecule has 0 saturated carbocycles. The highest BCUT2D eigenvalue weighted by atomic mass is 16.6. The number of epoxide rings is 1. The second-order valence-corrected chi connectivity index (χ2v) is 5.94.